The van der Waals surface area contributed by atoms with Crippen LogP contribution in [-0.4, -0.2) is 68.4 Å². The third-order valence-electron chi connectivity index (χ3n) is 7.78. The number of methoxy groups -OCH3 is 1. The molecule has 214 valence electrons. The van der Waals surface area contributed by atoms with E-state index in [1.807, 2.05) is 62.8 Å². The largest absolute Gasteiger partial charge is 0.495 e. The number of aromatic nitrogens is 4. The number of aryl methyl sites for hydroxylation is 2. The van der Waals surface area contributed by atoms with Crippen molar-refractivity contribution in [1.29, 1.82) is 0 Å². The Kier molecular flexibility index (Phi) is 6.80. The molecule has 2 aromatic heterocycles. The molecular formula is C32H38N6O3. The highest BCUT2D eigenvalue weighted by Crippen LogP contribution is 2.36. The topological polar surface area (TPSA) is 77.6 Å². The van der Waals surface area contributed by atoms with E-state index in [1.54, 1.807) is 11.8 Å². The number of fused-ring (bicyclic) bond motifs is 2. The fourth-order valence-electron chi connectivity index (χ4n) is 5.81. The lowest BCUT2D eigenvalue weighted by atomic mass is 10.0. The molecule has 0 radical (unpaired) electrons. The van der Waals surface area contributed by atoms with Crippen molar-refractivity contribution in [2.75, 3.05) is 25.1 Å². The first-order chi connectivity index (χ1) is 19.6. The number of benzene rings is 2. The lowest BCUT2D eigenvalue weighted by molar-refractivity contribution is 0.0114. The van der Waals surface area contributed by atoms with Crippen molar-refractivity contribution in [3.63, 3.8) is 0 Å². The van der Waals surface area contributed by atoms with Gasteiger partial charge in [0.1, 0.15) is 16.9 Å². The number of piperidine rings is 1. The van der Waals surface area contributed by atoms with Crippen LogP contribution in [0.5, 0.6) is 5.75 Å². The van der Waals surface area contributed by atoms with Gasteiger partial charge in [-0.3, -0.25) is 9.36 Å². The van der Waals surface area contributed by atoms with Gasteiger partial charge in [-0.25, -0.2) is 4.79 Å². The number of hydrogen-bond donors (Lipinski definition) is 0. The number of hydrogen-bond acceptors (Lipinski definition) is 6. The molecule has 2 aromatic carbocycles. The Morgan fingerprint density at radius 1 is 0.951 bits per heavy atom. The summed E-state index contributed by atoms with van der Waals surface area (Å²) in [6.45, 7) is 7.53. The second kappa shape index (κ2) is 10.3. The van der Waals surface area contributed by atoms with Gasteiger partial charge in [0.2, 0.25) is 0 Å². The minimum absolute atomic E-state index is 0.171. The zero-order valence-electron chi connectivity index (χ0n) is 24.8. The summed E-state index contributed by atoms with van der Waals surface area (Å²) in [7, 11) is 5.51. The normalized spacial score (nSPS) is 16.1. The Labute approximate surface area is 241 Å². The van der Waals surface area contributed by atoms with Gasteiger partial charge in [0, 0.05) is 74.2 Å². The lowest BCUT2D eigenvalue weighted by Crippen LogP contribution is -2.50. The van der Waals surface area contributed by atoms with Crippen molar-refractivity contribution in [3.8, 4) is 17.6 Å². The van der Waals surface area contributed by atoms with Gasteiger partial charge in [-0.1, -0.05) is 11.8 Å². The predicted molar refractivity (Wildman–Crippen MR) is 160 cm³/mol. The number of amides is 1. The fourth-order valence-corrected chi connectivity index (χ4v) is 5.81. The van der Waals surface area contributed by atoms with Gasteiger partial charge >= 0.3 is 6.09 Å². The molecule has 9 heteroatoms. The number of ether oxygens (including phenoxy) is 2. The average Bonchev–Trinajstić information content (AvgIpc) is 3.55. The predicted octanol–water partition coefficient (Wildman–Crippen LogP) is 5.24. The molecule has 2 aliphatic rings. The minimum Gasteiger partial charge on any atom is -0.495 e. The number of rotatable bonds is 4. The van der Waals surface area contributed by atoms with E-state index >= 15 is 0 Å². The Hall–Kier alpha value is -4.19. The van der Waals surface area contributed by atoms with E-state index < -0.39 is 5.60 Å². The Balaban J connectivity index is 1.24. The number of nitrogens with zero attached hydrogens (tertiary/aromatic N) is 6. The van der Waals surface area contributed by atoms with Crippen LogP contribution in [0.15, 0.2) is 36.7 Å². The summed E-state index contributed by atoms with van der Waals surface area (Å²) in [4.78, 5) is 17.5. The third-order valence-corrected chi connectivity index (χ3v) is 7.78. The van der Waals surface area contributed by atoms with Crippen molar-refractivity contribution in [3.05, 3.63) is 47.8 Å². The summed E-state index contributed by atoms with van der Waals surface area (Å²) in [6, 6.07) is 8.69. The van der Waals surface area contributed by atoms with Gasteiger partial charge in [-0.05, 0) is 64.7 Å². The molecule has 0 N–H and O–H groups in total. The second-order valence-electron chi connectivity index (χ2n) is 12.2. The number of carbonyl (C=O) groups is 1. The Bertz CT molecular complexity index is 1670. The van der Waals surface area contributed by atoms with E-state index in [-0.39, 0.29) is 12.1 Å². The van der Waals surface area contributed by atoms with Crippen molar-refractivity contribution in [2.45, 2.75) is 64.1 Å². The molecule has 1 aliphatic carbocycles. The molecule has 1 amide bonds. The molecule has 1 saturated heterocycles. The van der Waals surface area contributed by atoms with Crippen LogP contribution in [0.2, 0.25) is 0 Å². The molecule has 1 aliphatic heterocycles. The molecule has 6 rings (SSSR count). The first-order valence-corrected chi connectivity index (χ1v) is 14.4. The highest BCUT2D eigenvalue weighted by molar-refractivity contribution is 5.95. The molecule has 4 aromatic rings. The number of anilines is 1. The maximum atomic E-state index is 13.0. The molecule has 0 unspecified atom stereocenters. The average molecular weight is 555 g/mol. The van der Waals surface area contributed by atoms with E-state index in [4.69, 9.17) is 14.6 Å². The standard InChI is InChI=1S/C32H38N6O3/c1-32(2,3)41-31(39)38(24-10-11-24)25-13-15-37(16-14-25)28-12-9-21(30-26(28)20-36(5)34-30)7-8-22-17-23-19-35(4)33-27(23)18-29(22)40-6/h9,12,17-20,24-25H,10-11,13-16H2,1-6H3. The smallest absolute Gasteiger partial charge is 0.410 e. The Morgan fingerprint density at radius 2 is 1.63 bits per heavy atom. The van der Waals surface area contributed by atoms with Crippen LogP contribution in [0.1, 0.15) is 57.6 Å². The van der Waals surface area contributed by atoms with Crippen molar-refractivity contribution < 1.29 is 14.3 Å². The second-order valence-corrected chi connectivity index (χ2v) is 12.2. The van der Waals surface area contributed by atoms with Crippen LogP contribution in [-0.2, 0) is 18.8 Å². The Morgan fingerprint density at radius 3 is 2.32 bits per heavy atom. The van der Waals surface area contributed by atoms with Crippen LogP contribution in [0.4, 0.5) is 10.5 Å². The van der Waals surface area contributed by atoms with Crippen LogP contribution >= 0.6 is 0 Å². The monoisotopic (exact) mass is 554 g/mol. The maximum absolute atomic E-state index is 13.0. The van der Waals surface area contributed by atoms with E-state index in [0.717, 1.165) is 77.4 Å². The summed E-state index contributed by atoms with van der Waals surface area (Å²) in [5.74, 6) is 7.38. The van der Waals surface area contributed by atoms with Gasteiger partial charge in [0.15, 0.2) is 0 Å². The highest BCUT2D eigenvalue weighted by Gasteiger charge is 2.40. The van der Waals surface area contributed by atoms with Crippen molar-refractivity contribution in [1.82, 2.24) is 24.5 Å². The van der Waals surface area contributed by atoms with Crippen molar-refractivity contribution >= 4 is 33.6 Å². The SMILES string of the molecule is COc1cc2nn(C)cc2cc1C#Cc1ccc(N2CCC(N(C(=O)OC(C)(C)C)C3CC3)CC2)c2cn(C)nc12. The minimum atomic E-state index is -0.488. The van der Waals surface area contributed by atoms with E-state index in [0.29, 0.717) is 11.8 Å². The highest BCUT2D eigenvalue weighted by atomic mass is 16.6. The van der Waals surface area contributed by atoms with Gasteiger partial charge in [0.05, 0.1) is 23.8 Å². The van der Waals surface area contributed by atoms with Gasteiger partial charge in [-0.15, -0.1) is 0 Å². The van der Waals surface area contributed by atoms with Crippen LogP contribution in [0.25, 0.3) is 21.8 Å². The van der Waals surface area contributed by atoms with Crippen LogP contribution in [0, 0.1) is 11.8 Å². The fraction of sp³-hybridized carbons (Fsp3) is 0.469. The maximum Gasteiger partial charge on any atom is 0.410 e. The molecule has 41 heavy (non-hydrogen) atoms. The molecule has 0 bridgehead atoms. The molecule has 1 saturated carbocycles. The summed E-state index contributed by atoms with van der Waals surface area (Å²) < 4.78 is 15.0. The summed E-state index contributed by atoms with van der Waals surface area (Å²) in [5.41, 5.74) is 4.11. The van der Waals surface area contributed by atoms with Crippen LogP contribution < -0.4 is 9.64 Å². The first-order valence-electron chi connectivity index (χ1n) is 14.4. The first kappa shape index (κ1) is 27.0. The van der Waals surface area contributed by atoms with E-state index in [2.05, 4.69) is 40.2 Å². The molecule has 9 nitrogen and oxygen atoms in total. The van der Waals surface area contributed by atoms with Crippen molar-refractivity contribution in [2.24, 2.45) is 14.1 Å². The molecule has 0 atom stereocenters. The molecule has 2 fully saturated rings. The molecule has 0 spiro atoms. The summed E-state index contributed by atoms with van der Waals surface area (Å²) >= 11 is 0. The van der Waals surface area contributed by atoms with Gasteiger partial charge in [-0.2, -0.15) is 10.2 Å². The molecule has 3 heterocycles. The van der Waals surface area contributed by atoms with Crippen LogP contribution in [0.3, 0.4) is 0 Å². The molecular weight excluding hydrogens is 516 g/mol. The lowest BCUT2D eigenvalue weighted by Gasteiger charge is -2.40. The summed E-state index contributed by atoms with van der Waals surface area (Å²) in [5, 5.41) is 11.4. The quantitative estimate of drug-likeness (QED) is 0.321. The summed E-state index contributed by atoms with van der Waals surface area (Å²) in [6.07, 6.45) is 7.84. The zero-order chi connectivity index (χ0) is 28.9. The van der Waals surface area contributed by atoms with Gasteiger partial charge < -0.3 is 19.3 Å². The van der Waals surface area contributed by atoms with E-state index in [9.17, 15) is 4.79 Å². The zero-order valence-corrected chi connectivity index (χ0v) is 24.8. The third kappa shape index (κ3) is 5.56. The van der Waals surface area contributed by atoms with Gasteiger partial charge in [0.25, 0.3) is 0 Å². The number of carbonyl (C=O) groups excluding carboxylic acids is 1. The van der Waals surface area contributed by atoms with E-state index in [1.165, 1.54) is 0 Å².